The zero-order chi connectivity index (χ0) is 22.6. The Morgan fingerprint density at radius 3 is 2.37 bits per heavy atom. The van der Waals surface area contributed by atoms with E-state index in [9.17, 15) is 24.0 Å². The molecule has 30 heavy (non-hydrogen) atoms. The number of likely N-dealkylation sites (N-methyl/N-ethyl adjacent to an activating group) is 1. The monoisotopic (exact) mass is 420 g/mol. The lowest BCUT2D eigenvalue weighted by Gasteiger charge is -2.34. The quantitative estimate of drug-likeness (QED) is 0.401. The standard InChI is InChI=1S/C15H15N3O5.C4H9NO2/c16-9-3-1-2-8-12(9)15(23)18(13(8)21)10-4-5-11(20)17(6-7-19)14(10)22;1-5(2)3-4(6)7/h1-3,10,19H,4-7,16H2;3H2,1-2H3,(H,6,7). The Labute approximate surface area is 172 Å². The summed E-state index contributed by atoms with van der Waals surface area (Å²) in [6.45, 7) is -0.418. The van der Waals surface area contributed by atoms with Crippen LogP contribution in [0.1, 0.15) is 33.6 Å². The number of hydrogen-bond donors (Lipinski definition) is 3. The summed E-state index contributed by atoms with van der Waals surface area (Å²) in [4.78, 5) is 62.4. The molecular weight excluding hydrogens is 396 g/mol. The van der Waals surface area contributed by atoms with Gasteiger partial charge in [-0.05, 0) is 32.6 Å². The van der Waals surface area contributed by atoms with Gasteiger partial charge in [-0.25, -0.2) is 0 Å². The van der Waals surface area contributed by atoms with Crippen LogP contribution in [-0.4, -0.2) is 94.3 Å². The molecule has 0 bridgehead atoms. The molecular formula is C19H24N4O7. The summed E-state index contributed by atoms with van der Waals surface area (Å²) in [7, 11) is 3.43. The van der Waals surface area contributed by atoms with E-state index in [1.807, 2.05) is 0 Å². The number of imide groups is 2. The van der Waals surface area contributed by atoms with Crippen LogP contribution in [0, 0.1) is 0 Å². The number of anilines is 1. The van der Waals surface area contributed by atoms with E-state index in [1.165, 1.54) is 12.1 Å². The number of nitrogens with two attached hydrogens (primary N) is 1. The maximum Gasteiger partial charge on any atom is 0.317 e. The van der Waals surface area contributed by atoms with Crippen LogP contribution in [0.15, 0.2) is 18.2 Å². The molecule has 2 aliphatic rings. The number of piperidine rings is 1. The highest BCUT2D eigenvalue weighted by molar-refractivity contribution is 6.25. The number of fused-ring (bicyclic) bond motifs is 1. The maximum absolute atomic E-state index is 12.5. The van der Waals surface area contributed by atoms with Crippen molar-refractivity contribution in [3.05, 3.63) is 29.3 Å². The minimum absolute atomic E-state index is 0.0271. The van der Waals surface area contributed by atoms with Crippen LogP contribution in [0.5, 0.6) is 0 Å². The first kappa shape index (κ1) is 23.0. The number of benzene rings is 1. The first-order valence-electron chi connectivity index (χ1n) is 9.18. The molecule has 0 spiro atoms. The van der Waals surface area contributed by atoms with Crippen LogP contribution < -0.4 is 5.73 Å². The molecule has 0 aromatic heterocycles. The van der Waals surface area contributed by atoms with E-state index in [1.54, 1.807) is 25.1 Å². The number of carbonyl (C=O) groups excluding carboxylic acids is 4. The largest absolute Gasteiger partial charge is 0.480 e. The highest BCUT2D eigenvalue weighted by Crippen LogP contribution is 2.31. The van der Waals surface area contributed by atoms with Crippen molar-refractivity contribution in [2.24, 2.45) is 0 Å². The van der Waals surface area contributed by atoms with E-state index in [0.29, 0.717) is 0 Å². The normalized spacial score (nSPS) is 18.5. The smallest absolute Gasteiger partial charge is 0.317 e. The topological polar surface area (TPSA) is 162 Å². The van der Waals surface area contributed by atoms with E-state index in [2.05, 4.69) is 0 Å². The Balaban J connectivity index is 0.000000396. The summed E-state index contributed by atoms with van der Waals surface area (Å²) < 4.78 is 0. The van der Waals surface area contributed by atoms with Gasteiger partial charge in [0.1, 0.15) is 6.04 Å². The summed E-state index contributed by atoms with van der Waals surface area (Å²) in [6.07, 6.45) is 0.101. The molecule has 0 radical (unpaired) electrons. The van der Waals surface area contributed by atoms with Gasteiger partial charge in [0.05, 0.1) is 30.8 Å². The van der Waals surface area contributed by atoms with Crippen molar-refractivity contribution in [1.82, 2.24) is 14.7 Å². The number of likely N-dealkylation sites (tertiary alicyclic amines) is 1. The predicted octanol–water partition coefficient (Wildman–Crippen LogP) is -0.993. The number of aliphatic carboxylic acids is 1. The number of β-amino-alcohol motifs (C(OH)–C–C–N with tert-alkyl or cyclic N) is 1. The summed E-state index contributed by atoms with van der Waals surface area (Å²) in [5, 5.41) is 17.0. The zero-order valence-corrected chi connectivity index (χ0v) is 16.7. The van der Waals surface area contributed by atoms with Crippen molar-refractivity contribution in [2.45, 2.75) is 18.9 Å². The molecule has 4 N–H and O–H groups in total. The molecule has 1 aromatic carbocycles. The van der Waals surface area contributed by atoms with Gasteiger partial charge in [0, 0.05) is 12.1 Å². The molecule has 1 unspecified atom stereocenters. The minimum Gasteiger partial charge on any atom is -0.480 e. The van der Waals surface area contributed by atoms with Crippen LogP contribution in [-0.2, 0) is 14.4 Å². The molecule has 1 aromatic rings. The Hall–Kier alpha value is -3.31. The van der Waals surface area contributed by atoms with E-state index in [0.717, 1.165) is 9.80 Å². The fraction of sp³-hybridized carbons (Fsp3) is 0.421. The number of nitrogens with zero attached hydrogens (tertiary/aromatic N) is 3. The molecule has 11 nitrogen and oxygen atoms in total. The number of carboxylic acids is 1. The first-order valence-corrected chi connectivity index (χ1v) is 9.18. The van der Waals surface area contributed by atoms with Gasteiger partial charge in [-0.15, -0.1) is 0 Å². The fourth-order valence-electron chi connectivity index (χ4n) is 3.28. The van der Waals surface area contributed by atoms with Crippen molar-refractivity contribution >= 4 is 35.3 Å². The minimum atomic E-state index is -1.05. The lowest BCUT2D eigenvalue weighted by molar-refractivity contribution is -0.152. The second-order valence-corrected chi connectivity index (χ2v) is 7.04. The van der Waals surface area contributed by atoms with Gasteiger partial charge in [-0.2, -0.15) is 0 Å². The summed E-state index contributed by atoms with van der Waals surface area (Å²) in [5.74, 6) is -3.07. The number of carboxylic acid groups (broad SMARTS) is 1. The van der Waals surface area contributed by atoms with Crippen LogP contribution >= 0.6 is 0 Å². The van der Waals surface area contributed by atoms with E-state index in [4.69, 9.17) is 15.9 Å². The van der Waals surface area contributed by atoms with E-state index >= 15 is 0 Å². The van der Waals surface area contributed by atoms with Gasteiger partial charge >= 0.3 is 5.97 Å². The second kappa shape index (κ2) is 9.46. The van der Waals surface area contributed by atoms with Crippen LogP contribution in [0.4, 0.5) is 5.69 Å². The molecule has 1 atom stereocenters. The molecule has 0 aliphatic carbocycles. The third-order valence-corrected chi connectivity index (χ3v) is 4.55. The lowest BCUT2D eigenvalue weighted by atomic mass is 10.0. The fourth-order valence-corrected chi connectivity index (χ4v) is 3.28. The molecule has 11 heteroatoms. The summed E-state index contributed by atoms with van der Waals surface area (Å²) in [5.41, 5.74) is 6.20. The van der Waals surface area contributed by atoms with E-state index in [-0.39, 0.29) is 49.4 Å². The van der Waals surface area contributed by atoms with Crippen LogP contribution in [0.25, 0.3) is 0 Å². The Bertz CT molecular complexity index is 884. The van der Waals surface area contributed by atoms with Crippen molar-refractivity contribution in [1.29, 1.82) is 0 Å². The molecule has 2 aliphatic heterocycles. The maximum atomic E-state index is 12.5. The van der Waals surface area contributed by atoms with Gasteiger partial charge in [-0.1, -0.05) is 6.07 Å². The third kappa shape index (κ3) is 4.63. The number of hydrogen-bond acceptors (Lipinski definition) is 8. The summed E-state index contributed by atoms with van der Waals surface area (Å²) >= 11 is 0. The van der Waals surface area contributed by atoms with Crippen molar-refractivity contribution in [3.63, 3.8) is 0 Å². The Kier molecular flexibility index (Phi) is 7.24. The highest BCUT2D eigenvalue weighted by Gasteiger charge is 2.47. The van der Waals surface area contributed by atoms with E-state index < -0.39 is 35.6 Å². The molecule has 162 valence electrons. The molecule has 1 fully saturated rings. The second-order valence-electron chi connectivity index (χ2n) is 7.04. The van der Waals surface area contributed by atoms with Crippen LogP contribution in [0.2, 0.25) is 0 Å². The SMILES string of the molecule is CN(C)CC(=O)O.Nc1cccc2c1C(=O)N(C1CCC(=O)N(CCO)C1=O)C2=O. The summed E-state index contributed by atoms with van der Waals surface area (Å²) in [6, 6.07) is 3.51. The van der Waals surface area contributed by atoms with Crippen molar-refractivity contribution in [2.75, 3.05) is 39.5 Å². The highest BCUT2D eigenvalue weighted by atomic mass is 16.4. The predicted molar refractivity (Wildman–Crippen MR) is 104 cm³/mol. The Morgan fingerprint density at radius 2 is 1.87 bits per heavy atom. The number of rotatable bonds is 5. The zero-order valence-electron chi connectivity index (χ0n) is 16.7. The number of carbonyl (C=O) groups is 5. The van der Waals surface area contributed by atoms with Crippen molar-refractivity contribution < 1.29 is 34.2 Å². The van der Waals surface area contributed by atoms with Gasteiger partial charge in [0.2, 0.25) is 5.91 Å². The van der Waals surface area contributed by atoms with Crippen LogP contribution in [0.3, 0.4) is 0 Å². The van der Waals surface area contributed by atoms with Gasteiger partial charge in [0.15, 0.2) is 0 Å². The molecule has 1 saturated heterocycles. The third-order valence-electron chi connectivity index (χ3n) is 4.55. The number of aliphatic hydroxyl groups excluding tert-OH is 1. The van der Waals surface area contributed by atoms with Gasteiger partial charge < -0.3 is 15.9 Å². The van der Waals surface area contributed by atoms with Gasteiger partial charge in [0.25, 0.3) is 17.7 Å². The first-order chi connectivity index (χ1) is 14.1. The molecule has 0 saturated carbocycles. The Morgan fingerprint density at radius 1 is 1.20 bits per heavy atom. The van der Waals surface area contributed by atoms with Crippen molar-refractivity contribution in [3.8, 4) is 0 Å². The average molecular weight is 420 g/mol. The molecule has 4 amide bonds. The number of aliphatic hydroxyl groups is 1. The number of amides is 4. The van der Waals surface area contributed by atoms with Gasteiger partial charge in [-0.3, -0.25) is 38.7 Å². The lowest BCUT2D eigenvalue weighted by Crippen LogP contribution is -2.56. The number of nitrogen functional groups attached to an aromatic ring is 1. The molecule has 3 rings (SSSR count). The molecule has 2 heterocycles. The average Bonchev–Trinajstić information content (AvgIpc) is 2.90.